The van der Waals surface area contributed by atoms with Crippen LogP contribution in [-0.2, 0) is 0 Å². The number of aryl methyl sites for hydroxylation is 3. The second-order valence-corrected chi connectivity index (χ2v) is 4.62. The number of hydrogen-bond acceptors (Lipinski definition) is 4. The average molecular weight is 252 g/mol. The minimum absolute atomic E-state index is 0.389. The molecule has 1 aromatic heterocycles. The Hall–Kier alpha value is -2.41. The van der Waals surface area contributed by atoms with E-state index >= 15 is 0 Å². The molecule has 4 nitrogen and oxygen atoms in total. The molecule has 2 rings (SSSR count). The van der Waals surface area contributed by atoms with E-state index in [1.165, 1.54) is 11.1 Å². The Bertz CT molecular complexity index is 656. The Morgan fingerprint density at radius 3 is 2.53 bits per heavy atom. The quantitative estimate of drug-likeness (QED) is 0.824. The van der Waals surface area contributed by atoms with Gasteiger partial charge in [-0.15, -0.1) is 0 Å². The van der Waals surface area contributed by atoms with Crippen LogP contribution in [0.5, 0.6) is 0 Å². The van der Waals surface area contributed by atoms with Crippen molar-refractivity contribution in [3.8, 4) is 6.07 Å². The smallest absolute Gasteiger partial charge is 0.146 e. The summed E-state index contributed by atoms with van der Waals surface area (Å²) in [4.78, 5) is 10.4. The Kier molecular flexibility index (Phi) is 3.48. The molecule has 0 fully saturated rings. The standard InChI is InChI=1S/C15H16N4/c1-10-5-6-11(2)14(7-10)19(4)15-8-13(9-16)17-12(3)18-15/h5-8H,1-4H3. The van der Waals surface area contributed by atoms with E-state index < -0.39 is 0 Å². The van der Waals surface area contributed by atoms with Gasteiger partial charge in [-0.25, -0.2) is 9.97 Å². The molecule has 0 bridgehead atoms. The second-order valence-electron chi connectivity index (χ2n) is 4.62. The van der Waals surface area contributed by atoms with Gasteiger partial charge in [-0.3, -0.25) is 0 Å². The first-order valence-electron chi connectivity index (χ1n) is 6.08. The third-order valence-electron chi connectivity index (χ3n) is 3.01. The van der Waals surface area contributed by atoms with Gasteiger partial charge in [-0.2, -0.15) is 5.26 Å². The molecule has 0 spiro atoms. The summed E-state index contributed by atoms with van der Waals surface area (Å²) in [7, 11) is 1.95. The largest absolute Gasteiger partial charge is 0.329 e. The average Bonchev–Trinajstić information content (AvgIpc) is 2.40. The zero-order valence-corrected chi connectivity index (χ0v) is 11.6. The molecule has 0 unspecified atom stereocenters. The SMILES string of the molecule is Cc1ccc(C)c(N(C)c2cc(C#N)nc(C)n2)c1. The second kappa shape index (κ2) is 5.07. The van der Waals surface area contributed by atoms with E-state index in [0.717, 1.165) is 11.5 Å². The summed E-state index contributed by atoms with van der Waals surface area (Å²) in [5.41, 5.74) is 3.84. The fourth-order valence-electron chi connectivity index (χ4n) is 1.99. The highest BCUT2D eigenvalue weighted by Crippen LogP contribution is 2.26. The van der Waals surface area contributed by atoms with Gasteiger partial charge < -0.3 is 4.90 Å². The number of hydrogen-bond donors (Lipinski definition) is 0. The first-order chi connectivity index (χ1) is 9.01. The maximum atomic E-state index is 8.98. The van der Waals surface area contributed by atoms with Crippen LogP contribution in [0.1, 0.15) is 22.6 Å². The maximum absolute atomic E-state index is 8.98. The van der Waals surface area contributed by atoms with Crippen LogP contribution in [0.15, 0.2) is 24.3 Å². The van der Waals surface area contributed by atoms with E-state index in [2.05, 4.69) is 48.1 Å². The lowest BCUT2D eigenvalue weighted by Crippen LogP contribution is -2.14. The van der Waals surface area contributed by atoms with E-state index in [9.17, 15) is 0 Å². The summed E-state index contributed by atoms with van der Waals surface area (Å²) in [6.07, 6.45) is 0. The van der Waals surface area contributed by atoms with Crippen molar-refractivity contribution < 1.29 is 0 Å². The number of benzene rings is 1. The van der Waals surface area contributed by atoms with E-state index in [1.807, 2.05) is 11.9 Å². The Morgan fingerprint density at radius 2 is 1.84 bits per heavy atom. The molecule has 1 heterocycles. The molecular formula is C15H16N4. The van der Waals surface area contributed by atoms with Crippen molar-refractivity contribution in [1.29, 1.82) is 5.26 Å². The van der Waals surface area contributed by atoms with Crippen LogP contribution in [0.4, 0.5) is 11.5 Å². The Morgan fingerprint density at radius 1 is 1.11 bits per heavy atom. The highest BCUT2D eigenvalue weighted by Gasteiger charge is 2.10. The van der Waals surface area contributed by atoms with Gasteiger partial charge in [0, 0.05) is 18.8 Å². The summed E-state index contributed by atoms with van der Waals surface area (Å²) in [6, 6.07) is 10.0. The molecule has 0 saturated carbocycles. The molecule has 0 aliphatic heterocycles. The molecule has 0 aliphatic carbocycles. The summed E-state index contributed by atoms with van der Waals surface area (Å²) in [6.45, 7) is 5.91. The van der Waals surface area contributed by atoms with Gasteiger partial charge in [0.15, 0.2) is 0 Å². The number of rotatable bonds is 2. The van der Waals surface area contributed by atoms with Crippen LogP contribution in [0.2, 0.25) is 0 Å². The third-order valence-corrected chi connectivity index (χ3v) is 3.01. The maximum Gasteiger partial charge on any atom is 0.146 e. The van der Waals surface area contributed by atoms with Crippen LogP contribution in [0.3, 0.4) is 0 Å². The van der Waals surface area contributed by atoms with E-state index in [4.69, 9.17) is 5.26 Å². The van der Waals surface area contributed by atoms with Gasteiger partial charge >= 0.3 is 0 Å². The Labute approximate surface area is 113 Å². The predicted molar refractivity (Wildman–Crippen MR) is 75.5 cm³/mol. The highest BCUT2D eigenvalue weighted by atomic mass is 15.2. The molecule has 0 saturated heterocycles. The minimum atomic E-state index is 0.389. The van der Waals surface area contributed by atoms with E-state index in [-0.39, 0.29) is 0 Å². The van der Waals surface area contributed by atoms with Crippen molar-refractivity contribution in [3.05, 3.63) is 46.9 Å². The molecular weight excluding hydrogens is 236 g/mol. The minimum Gasteiger partial charge on any atom is -0.329 e. The molecule has 96 valence electrons. The number of anilines is 2. The van der Waals surface area contributed by atoms with E-state index in [1.54, 1.807) is 13.0 Å². The fraction of sp³-hybridized carbons (Fsp3) is 0.267. The van der Waals surface area contributed by atoms with Crippen LogP contribution in [-0.4, -0.2) is 17.0 Å². The first kappa shape index (κ1) is 13.0. The van der Waals surface area contributed by atoms with Gasteiger partial charge in [0.2, 0.25) is 0 Å². The lowest BCUT2D eigenvalue weighted by molar-refractivity contribution is 0.997. The van der Waals surface area contributed by atoms with Crippen molar-refractivity contribution in [2.24, 2.45) is 0 Å². The highest BCUT2D eigenvalue weighted by molar-refractivity contribution is 5.64. The van der Waals surface area contributed by atoms with Gasteiger partial charge in [0.1, 0.15) is 23.4 Å². The summed E-state index contributed by atoms with van der Waals surface area (Å²) < 4.78 is 0. The molecule has 0 atom stereocenters. The zero-order valence-electron chi connectivity index (χ0n) is 11.6. The number of nitriles is 1. The van der Waals surface area contributed by atoms with Crippen molar-refractivity contribution in [2.75, 3.05) is 11.9 Å². The zero-order chi connectivity index (χ0) is 14.0. The van der Waals surface area contributed by atoms with Crippen LogP contribution >= 0.6 is 0 Å². The summed E-state index contributed by atoms with van der Waals surface area (Å²) in [5.74, 6) is 1.34. The molecule has 0 N–H and O–H groups in total. The van der Waals surface area contributed by atoms with Crippen molar-refractivity contribution >= 4 is 11.5 Å². The molecule has 1 aromatic carbocycles. The normalized spacial score (nSPS) is 10.1. The van der Waals surface area contributed by atoms with Crippen molar-refractivity contribution in [2.45, 2.75) is 20.8 Å². The topological polar surface area (TPSA) is 52.8 Å². The number of aromatic nitrogens is 2. The lowest BCUT2D eigenvalue weighted by atomic mass is 10.1. The van der Waals surface area contributed by atoms with Crippen LogP contribution < -0.4 is 4.90 Å². The van der Waals surface area contributed by atoms with Crippen LogP contribution in [0.25, 0.3) is 0 Å². The molecule has 2 aromatic rings. The van der Waals surface area contributed by atoms with Crippen molar-refractivity contribution in [3.63, 3.8) is 0 Å². The van der Waals surface area contributed by atoms with E-state index in [0.29, 0.717) is 11.5 Å². The Balaban J connectivity index is 2.50. The van der Waals surface area contributed by atoms with Crippen LogP contribution in [0, 0.1) is 32.1 Å². The molecule has 0 radical (unpaired) electrons. The monoisotopic (exact) mass is 252 g/mol. The van der Waals surface area contributed by atoms with Gasteiger partial charge in [0.05, 0.1) is 0 Å². The molecule has 19 heavy (non-hydrogen) atoms. The molecule has 4 heteroatoms. The van der Waals surface area contributed by atoms with Gasteiger partial charge in [-0.05, 0) is 38.0 Å². The lowest BCUT2D eigenvalue weighted by Gasteiger charge is -2.21. The first-order valence-corrected chi connectivity index (χ1v) is 6.08. The van der Waals surface area contributed by atoms with Crippen molar-refractivity contribution in [1.82, 2.24) is 9.97 Å². The van der Waals surface area contributed by atoms with Gasteiger partial charge in [0.25, 0.3) is 0 Å². The predicted octanol–water partition coefficient (Wildman–Crippen LogP) is 3.04. The third kappa shape index (κ3) is 2.71. The van der Waals surface area contributed by atoms with Gasteiger partial charge in [-0.1, -0.05) is 12.1 Å². The fourth-order valence-corrected chi connectivity index (χ4v) is 1.99. The molecule has 0 aliphatic rings. The molecule has 0 amide bonds. The number of nitrogens with zero attached hydrogens (tertiary/aromatic N) is 4. The summed E-state index contributed by atoms with van der Waals surface area (Å²) >= 11 is 0. The summed E-state index contributed by atoms with van der Waals surface area (Å²) in [5, 5.41) is 8.98.